The third-order valence-electron chi connectivity index (χ3n) is 3.01. The molecule has 0 saturated carbocycles. The van der Waals surface area contributed by atoms with Crippen LogP contribution in [0.15, 0.2) is 57.7 Å². The predicted octanol–water partition coefficient (Wildman–Crippen LogP) is 3.90. The maximum Gasteiger partial charge on any atom is 0.243 e. The summed E-state index contributed by atoms with van der Waals surface area (Å²) in [6, 6.07) is 8.55. The van der Waals surface area contributed by atoms with Crippen LogP contribution in [-0.4, -0.2) is 26.4 Å². The van der Waals surface area contributed by atoms with Crippen LogP contribution < -0.4 is 4.74 Å². The van der Waals surface area contributed by atoms with E-state index in [1.807, 2.05) is 17.5 Å². The van der Waals surface area contributed by atoms with Gasteiger partial charge in [0, 0.05) is 18.0 Å². The Labute approximate surface area is 143 Å². The second-order valence-electron chi connectivity index (χ2n) is 4.46. The van der Waals surface area contributed by atoms with Crippen molar-refractivity contribution in [2.75, 3.05) is 13.7 Å². The quantitative estimate of drug-likeness (QED) is 0.660. The summed E-state index contributed by atoms with van der Waals surface area (Å²) >= 11 is 4.85. The number of hydrogen-bond acceptors (Lipinski definition) is 4. The average Bonchev–Trinajstić information content (AvgIpc) is 2.99. The van der Waals surface area contributed by atoms with Crippen LogP contribution in [0.5, 0.6) is 5.75 Å². The zero-order valence-electron chi connectivity index (χ0n) is 12.0. The van der Waals surface area contributed by atoms with E-state index in [0.717, 1.165) is 4.88 Å². The van der Waals surface area contributed by atoms with Crippen LogP contribution in [0.1, 0.15) is 4.88 Å². The molecule has 1 heterocycles. The van der Waals surface area contributed by atoms with Gasteiger partial charge in [-0.05, 0) is 45.6 Å². The van der Waals surface area contributed by atoms with E-state index in [1.165, 1.54) is 22.8 Å². The zero-order valence-corrected chi connectivity index (χ0v) is 15.2. The molecule has 0 radical (unpaired) electrons. The fourth-order valence-electron chi connectivity index (χ4n) is 1.92. The molecule has 2 rings (SSSR count). The third kappa shape index (κ3) is 3.78. The zero-order chi connectivity index (χ0) is 16.2. The van der Waals surface area contributed by atoms with Gasteiger partial charge in [0.05, 0.1) is 16.5 Å². The lowest BCUT2D eigenvalue weighted by Crippen LogP contribution is -2.30. The van der Waals surface area contributed by atoms with Crippen molar-refractivity contribution in [3.8, 4) is 5.75 Å². The topological polar surface area (TPSA) is 46.6 Å². The molecule has 0 amide bonds. The molecule has 1 aromatic heterocycles. The largest absolute Gasteiger partial charge is 0.496 e. The minimum atomic E-state index is -3.60. The molecule has 0 bridgehead atoms. The minimum absolute atomic E-state index is 0.221. The van der Waals surface area contributed by atoms with Gasteiger partial charge in [-0.3, -0.25) is 0 Å². The average molecular weight is 402 g/mol. The monoisotopic (exact) mass is 401 g/mol. The third-order valence-corrected chi connectivity index (χ3v) is 6.29. The maximum atomic E-state index is 12.8. The molecule has 2 aromatic rings. The summed E-state index contributed by atoms with van der Waals surface area (Å²) in [5, 5.41) is 1.93. The van der Waals surface area contributed by atoms with Gasteiger partial charge >= 0.3 is 0 Å². The van der Waals surface area contributed by atoms with Crippen LogP contribution in [0.25, 0.3) is 0 Å². The molecule has 0 N–H and O–H groups in total. The van der Waals surface area contributed by atoms with Crippen LogP contribution in [0.3, 0.4) is 0 Å². The van der Waals surface area contributed by atoms with Gasteiger partial charge in [-0.2, -0.15) is 4.31 Å². The van der Waals surface area contributed by atoms with Gasteiger partial charge in [-0.1, -0.05) is 12.1 Å². The summed E-state index contributed by atoms with van der Waals surface area (Å²) in [5.41, 5.74) is 0. The molecule has 118 valence electrons. The predicted molar refractivity (Wildman–Crippen MR) is 92.8 cm³/mol. The Hall–Kier alpha value is -1.15. The molecule has 1 aromatic carbocycles. The molecule has 0 aliphatic rings. The van der Waals surface area contributed by atoms with E-state index in [0.29, 0.717) is 16.8 Å². The fraction of sp³-hybridized carbons (Fsp3) is 0.200. The van der Waals surface area contributed by atoms with Gasteiger partial charge in [0.25, 0.3) is 0 Å². The Morgan fingerprint density at radius 1 is 1.41 bits per heavy atom. The molecule has 0 spiro atoms. The van der Waals surface area contributed by atoms with Gasteiger partial charge in [-0.25, -0.2) is 8.42 Å². The van der Waals surface area contributed by atoms with Crippen molar-refractivity contribution < 1.29 is 13.2 Å². The number of halogens is 1. The highest BCUT2D eigenvalue weighted by Gasteiger charge is 2.24. The molecule has 22 heavy (non-hydrogen) atoms. The lowest BCUT2D eigenvalue weighted by atomic mass is 10.3. The fourth-order valence-corrected chi connectivity index (χ4v) is 4.83. The number of rotatable bonds is 7. The molecular formula is C15H16BrNO3S2. The highest BCUT2D eigenvalue weighted by molar-refractivity contribution is 9.10. The number of benzene rings is 1. The van der Waals surface area contributed by atoms with Gasteiger partial charge in [0.1, 0.15) is 5.75 Å². The second-order valence-corrected chi connectivity index (χ2v) is 8.29. The van der Waals surface area contributed by atoms with Crippen molar-refractivity contribution in [3.63, 3.8) is 0 Å². The van der Waals surface area contributed by atoms with E-state index in [9.17, 15) is 8.42 Å². The molecule has 0 saturated heterocycles. The van der Waals surface area contributed by atoms with Crippen LogP contribution in [0.2, 0.25) is 0 Å². The van der Waals surface area contributed by atoms with Crippen molar-refractivity contribution in [2.24, 2.45) is 0 Å². The summed E-state index contributed by atoms with van der Waals surface area (Å²) in [7, 11) is -2.07. The Kier molecular flexibility index (Phi) is 5.80. The highest BCUT2D eigenvalue weighted by atomic mass is 79.9. The highest BCUT2D eigenvalue weighted by Crippen LogP contribution is 2.29. The Balaban J connectivity index is 2.36. The summed E-state index contributed by atoms with van der Waals surface area (Å²) in [6.45, 7) is 4.23. The number of sulfonamides is 1. The molecule has 4 nitrogen and oxygen atoms in total. The normalized spacial score (nSPS) is 11.6. The second kappa shape index (κ2) is 7.41. The number of hydrogen-bond donors (Lipinski definition) is 0. The Bertz CT molecular complexity index is 742. The van der Waals surface area contributed by atoms with E-state index in [-0.39, 0.29) is 11.4 Å². The first kappa shape index (κ1) is 17.2. The molecule has 0 aliphatic carbocycles. The standard InChI is InChI=1S/C15H16BrNO3S2/c1-3-8-17(11-12-5-4-9-21-12)22(18,19)13-6-7-15(20-2)14(16)10-13/h3-7,9-10H,1,8,11H2,2H3. The molecule has 0 fully saturated rings. The first-order chi connectivity index (χ1) is 10.5. The number of methoxy groups -OCH3 is 1. The number of ether oxygens (including phenoxy) is 1. The lowest BCUT2D eigenvalue weighted by Gasteiger charge is -2.20. The molecule has 0 atom stereocenters. The Morgan fingerprint density at radius 2 is 2.18 bits per heavy atom. The minimum Gasteiger partial charge on any atom is -0.496 e. The van der Waals surface area contributed by atoms with Crippen LogP contribution >= 0.6 is 27.3 Å². The smallest absolute Gasteiger partial charge is 0.243 e. The van der Waals surface area contributed by atoms with Gasteiger partial charge in [0.2, 0.25) is 10.0 Å². The van der Waals surface area contributed by atoms with E-state index in [4.69, 9.17) is 4.74 Å². The van der Waals surface area contributed by atoms with Crippen molar-refractivity contribution in [3.05, 3.63) is 57.7 Å². The molecule has 0 unspecified atom stereocenters. The SMILES string of the molecule is C=CCN(Cc1cccs1)S(=O)(=O)c1ccc(OC)c(Br)c1. The van der Waals surface area contributed by atoms with Crippen molar-refractivity contribution in [1.29, 1.82) is 0 Å². The molecule has 7 heteroatoms. The van der Waals surface area contributed by atoms with E-state index in [1.54, 1.807) is 24.3 Å². The molecule has 0 aliphatic heterocycles. The summed E-state index contributed by atoms with van der Waals surface area (Å²) in [6.07, 6.45) is 1.59. The lowest BCUT2D eigenvalue weighted by molar-refractivity contribution is 0.411. The van der Waals surface area contributed by atoms with E-state index < -0.39 is 10.0 Å². The first-order valence-electron chi connectivity index (χ1n) is 6.46. The van der Waals surface area contributed by atoms with E-state index in [2.05, 4.69) is 22.5 Å². The van der Waals surface area contributed by atoms with E-state index >= 15 is 0 Å². The Morgan fingerprint density at radius 3 is 2.73 bits per heavy atom. The number of thiophene rings is 1. The van der Waals surface area contributed by atoms with Crippen LogP contribution in [0, 0.1) is 0 Å². The summed E-state index contributed by atoms with van der Waals surface area (Å²) in [4.78, 5) is 1.21. The van der Waals surface area contributed by atoms with Crippen molar-refractivity contribution >= 4 is 37.3 Å². The summed E-state index contributed by atoms with van der Waals surface area (Å²) < 4.78 is 32.8. The van der Waals surface area contributed by atoms with Gasteiger partial charge in [-0.15, -0.1) is 17.9 Å². The van der Waals surface area contributed by atoms with Gasteiger partial charge < -0.3 is 4.74 Å². The number of nitrogens with zero attached hydrogens (tertiary/aromatic N) is 1. The van der Waals surface area contributed by atoms with Crippen molar-refractivity contribution in [1.82, 2.24) is 4.31 Å². The van der Waals surface area contributed by atoms with Crippen LogP contribution in [-0.2, 0) is 16.6 Å². The van der Waals surface area contributed by atoms with Crippen LogP contribution in [0.4, 0.5) is 0 Å². The van der Waals surface area contributed by atoms with Crippen molar-refractivity contribution in [2.45, 2.75) is 11.4 Å². The first-order valence-corrected chi connectivity index (χ1v) is 9.57. The molecular weight excluding hydrogens is 386 g/mol. The summed E-state index contributed by atoms with van der Waals surface area (Å²) in [5.74, 6) is 0.590. The maximum absolute atomic E-state index is 12.8. The van der Waals surface area contributed by atoms with Gasteiger partial charge in [0.15, 0.2) is 0 Å².